The third-order valence-electron chi connectivity index (χ3n) is 4.21. The van der Waals surface area contributed by atoms with Crippen LogP contribution in [0.3, 0.4) is 0 Å². The number of anilines is 1. The molecule has 0 atom stereocenters. The van der Waals surface area contributed by atoms with E-state index < -0.39 is 4.92 Å². The number of nitro benzene ring substituents is 1. The van der Waals surface area contributed by atoms with Crippen LogP contribution in [0, 0.1) is 10.1 Å². The van der Waals surface area contributed by atoms with Crippen LogP contribution in [0.1, 0.15) is 17.8 Å². The number of aryl methyl sites for hydroxylation is 2. The normalized spacial score (nSPS) is 11.0. The summed E-state index contributed by atoms with van der Waals surface area (Å²) in [5.41, 5.74) is 3.15. The van der Waals surface area contributed by atoms with Gasteiger partial charge in [0, 0.05) is 26.1 Å². The highest BCUT2D eigenvalue weighted by molar-refractivity contribution is 5.75. The summed E-state index contributed by atoms with van der Waals surface area (Å²) in [5, 5.41) is 23.4. The van der Waals surface area contributed by atoms with Crippen molar-refractivity contribution in [2.75, 3.05) is 11.9 Å². The molecule has 0 unspecified atom stereocenters. The molecule has 3 aromatic rings. The van der Waals surface area contributed by atoms with Gasteiger partial charge in [-0.15, -0.1) is 0 Å². The fraction of sp³-hybridized carbons (Fsp3) is 0.278. The van der Waals surface area contributed by atoms with Crippen molar-refractivity contribution in [3.8, 4) is 0 Å². The lowest BCUT2D eigenvalue weighted by molar-refractivity contribution is -0.384. The van der Waals surface area contributed by atoms with Crippen molar-refractivity contribution in [3.05, 3.63) is 64.0 Å². The van der Waals surface area contributed by atoms with E-state index in [9.17, 15) is 15.2 Å². The molecule has 3 rings (SSSR count). The standard InChI is InChI=1S/C18H20N4O3/c1-21-16-6-3-2-5-14(16)20-18(21)7-4-10-19-15-11-13(12-23)8-9-17(15)22(24)25/h2-3,5-6,8-9,11,19,23H,4,7,10,12H2,1H3. The van der Waals surface area contributed by atoms with Crippen LogP contribution in [0.2, 0.25) is 0 Å². The minimum absolute atomic E-state index is 0.0138. The number of nitro groups is 1. The summed E-state index contributed by atoms with van der Waals surface area (Å²) in [6.07, 6.45) is 1.56. The molecule has 0 aliphatic heterocycles. The number of rotatable bonds is 7. The fourth-order valence-corrected chi connectivity index (χ4v) is 2.87. The van der Waals surface area contributed by atoms with Crippen molar-refractivity contribution < 1.29 is 10.0 Å². The topological polar surface area (TPSA) is 93.2 Å². The number of hydrogen-bond donors (Lipinski definition) is 2. The number of aliphatic hydroxyl groups excluding tert-OH is 1. The highest BCUT2D eigenvalue weighted by Gasteiger charge is 2.14. The first kappa shape index (κ1) is 16.9. The summed E-state index contributed by atoms with van der Waals surface area (Å²) >= 11 is 0. The molecular weight excluding hydrogens is 320 g/mol. The number of imidazole rings is 1. The zero-order valence-corrected chi connectivity index (χ0v) is 14.0. The van der Waals surface area contributed by atoms with Crippen molar-refractivity contribution in [2.45, 2.75) is 19.4 Å². The number of hydrogen-bond acceptors (Lipinski definition) is 5. The van der Waals surface area contributed by atoms with Crippen LogP contribution in [0.15, 0.2) is 42.5 Å². The van der Waals surface area contributed by atoms with Gasteiger partial charge in [0.15, 0.2) is 0 Å². The average Bonchev–Trinajstić information content (AvgIpc) is 2.94. The minimum atomic E-state index is -0.422. The van der Waals surface area contributed by atoms with E-state index in [1.165, 1.54) is 6.07 Å². The van der Waals surface area contributed by atoms with Crippen molar-refractivity contribution in [1.29, 1.82) is 0 Å². The number of benzene rings is 2. The van der Waals surface area contributed by atoms with Crippen LogP contribution in [0.25, 0.3) is 11.0 Å². The van der Waals surface area contributed by atoms with Gasteiger partial charge in [-0.2, -0.15) is 0 Å². The van der Waals surface area contributed by atoms with Gasteiger partial charge in [-0.25, -0.2) is 4.98 Å². The van der Waals surface area contributed by atoms with Crippen LogP contribution in [-0.2, 0) is 20.1 Å². The van der Waals surface area contributed by atoms with Crippen molar-refractivity contribution >= 4 is 22.4 Å². The summed E-state index contributed by atoms with van der Waals surface area (Å²) in [6, 6.07) is 12.6. The lowest BCUT2D eigenvalue weighted by atomic mass is 10.1. The molecule has 1 heterocycles. The van der Waals surface area contributed by atoms with Crippen molar-refractivity contribution in [2.24, 2.45) is 7.05 Å². The van der Waals surface area contributed by atoms with Gasteiger partial charge in [0.1, 0.15) is 11.5 Å². The molecule has 0 aliphatic rings. The van der Waals surface area contributed by atoms with Gasteiger partial charge in [0.25, 0.3) is 5.69 Å². The highest BCUT2D eigenvalue weighted by atomic mass is 16.6. The van der Waals surface area contributed by atoms with Gasteiger partial charge >= 0.3 is 0 Å². The number of nitrogens with zero attached hydrogens (tertiary/aromatic N) is 3. The molecule has 130 valence electrons. The maximum Gasteiger partial charge on any atom is 0.292 e. The van der Waals surface area contributed by atoms with E-state index in [4.69, 9.17) is 0 Å². The maximum absolute atomic E-state index is 11.1. The Hall–Kier alpha value is -2.93. The van der Waals surface area contributed by atoms with E-state index in [0.717, 1.165) is 29.7 Å². The molecule has 7 heteroatoms. The second-order valence-electron chi connectivity index (χ2n) is 5.87. The van der Waals surface area contributed by atoms with E-state index in [0.29, 0.717) is 17.8 Å². The van der Waals surface area contributed by atoms with Crippen LogP contribution in [0.4, 0.5) is 11.4 Å². The highest BCUT2D eigenvalue weighted by Crippen LogP contribution is 2.25. The van der Waals surface area contributed by atoms with Crippen molar-refractivity contribution in [3.63, 3.8) is 0 Å². The van der Waals surface area contributed by atoms with Gasteiger partial charge < -0.3 is 15.0 Å². The van der Waals surface area contributed by atoms with Gasteiger partial charge in [-0.1, -0.05) is 12.1 Å². The SMILES string of the molecule is Cn1c(CCCNc2cc(CO)ccc2[N+](=O)[O-])nc2ccccc21. The number of aromatic nitrogens is 2. The Balaban J connectivity index is 1.65. The molecule has 0 saturated heterocycles. The maximum atomic E-state index is 11.1. The Morgan fingerprint density at radius 1 is 1.28 bits per heavy atom. The number of fused-ring (bicyclic) bond motifs is 1. The Morgan fingerprint density at radius 2 is 2.08 bits per heavy atom. The fourth-order valence-electron chi connectivity index (χ4n) is 2.87. The Labute approximate surface area is 145 Å². The second-order valence-corrected chi connectivity index (χ2v) is 5.87. The van der Waals surface area contributed by atoms with E-state index in [1.807, 2.05) is 31.3 Å². The minimum Gasteiger partial charge on any atom is -0.392 e. The second kappa shape index (κ2) is 7.31. The van der Waals surface area contributed by atoms with Crippen LogP contribution in [0.5, 0.6) is 0 Å². The van der Waals surface area contributed by atoms with E-state index in [1.54, 1.807) is 12.1 Å². The molecule has 0 spiro atoms. The largest absolute Gasteiger partial charge is 0.392 e. The predicted molar refractivity (Wildman–Crippen MR) is 96.5 cm³/mol. The molecule has 0 saturated carbocycles. The number of aliphatic hydroxyl groups is 1. The van der Waals surface area contributed by atoms with Gasteiger partial charge in [0.2, 0.25) is 0 Å². The molecule has 25 heavy (non-hydrogen) atoms. The quantitative estimate of drug-likeness (QED) is 0.392. The Kier molecular flexibility index (Phi) is 4.95. The monoisotopic (exact) mass is 340 g/mol. The summed E-state index contributed by atoms with van der Waals surface area (Å²) in [7, 11) is 1.99. The van der Waals surface area contributed by atoms with E-state index in [2.05, 4.69) is 14.9 Å². The van der Waals surface area contributed by atoms with Crippen LogP contribution < -0.4 is 5.32 Å². The molecule has 1 aromatic heterocycles. The molecule has 0 bridgehead atoms. The van der Waals surface area contributed by atoms with E-state index >= 15 is 0 Å². The molecule has 2 N–H and O–H groups in total. The van der Waals surface area contributed by atoms with Gasteiger partial charge in [0.05, 0.1) is 22.6 Å². The lowest BCUT2D eigenvalue weighted by Gasteiger charge is -2.08. The first-order valence-corrected chi connectivity index (χ1v) is 8.12. The average molecular weight is 340 g/mol. The van der Waals surface area contributed by atoms with Crippen LogP contribution in [-0.4, -0.2) is 26.1 Å². The smallest absolute Gasteiger partial charge is 0.292 e. The third kappa shape index (κ3) is 3.61. The molecular formula is C18H20N4O3. The molecule has 0 fully saturated rings. The third-order valence-corrected chi connectivity index (χ3v) is 4.21. The first-order valence-electron chi connectivity index (χ1n) is 8.12. The van der Waals surface area contributed by atoms with Gasteiger partial charge in [-0.3, -0.25) is 10.1 Å². The Bertz CT molecular complexity index is 904. The number of nitrogens with one attached hydrogen (secondary N) is 1. The Morgan fingerprint density at radius 3 is 2.80 bits per heavy atom. The molecule has 2 aromatic carbocycles. The summed E-state index contributed by atoms with van der Waals surface area (Å²) in [5.74, 6) is 0.988. The molecule has 0 amide bonds. The lowest BCUT2D eigenvalue weighted by Crippen LogP contribution is -2.07. The van der Waals surface area contributed by atoms with Gasteiger partial charge in [-0.05, 0) is 36.2 Å². The first-order chi connectivity index (χ1) is 12.1. The molecule has 0 aliphatic carbocycles. The number of para-hydroxylation sites is 2. The van der Waals surface area contributed by atoms with Crippen LogP contribution >= 0.6 is 0 Å². The zero-order chi connectivity index (χ0) is 17.8. The van der Waals surface area contributed by atoms with Crippen molar-refractivity contribution in [1.82, 2.24) is 9.55 Å². The summed E-state index contributed by atoms with van der Waals surface area (Å²) < 4.78 is 2.07. The molecule has 0 radical (unpaired) electrons. The summed E-state index contributed by atoms with van der Waals surface area (Å²) in [4.78, 5) is 15.3. The predicted octanol–water partition coefficient (Wildman–Crippen LogP) is 3.02. The zero-order valence-electron chi connectivity index (χ0n) is 14.0. The van der Waals surface area contributed by atoms with E-state index in [-0.39, 0.29) is 12.3 Å². The summed E-state index contributed by atoms with van der Waals surface area (Å²) in [6.45, 7) is 0.436. The molecule has 7 nitrogen and oxygen atoms in total.